The van der Waals surface area contributed by atoms with Gasteiger partial charge in [0.05, 0.1) is 4.90 Å². The van der Waals surface area contributed by atoms with Gasteiger partial charge in [0.1, 0.15) is 11.3 Å². The number of halogens is 1. The summed E-state index contributed by atoms with van der Waals surface area (Å²) in [5, 5.41) is 9.05. The number of rotatable bonds is 4. The quantitative estimate of drug-likeness (QED) is 0.683. The van der Waals surface area contributed by atoms with Crippen molar-refractivity contribution in [3.8, 4) is 5.75 Å². The van der Waals surface area contributed by atoms with E-state index in [0.29, 0.717) is 0 Å². The van der Waals surface area contributed by atoms with Crippen LogP contribution in [0.3, 0.4) is 0 Å². The van der Waals surface area contributed by atoms with Crippen LogP contribution in [0, 0.1) is 0 Å². The molecule has 100 valence electrons. The summed E-state index contributed by atoms with van der Waals surface area (Å²) in [6.07, 6.45) is 0. The Morgan fingerprint density at radius 2 is 1.89 bits per heavy atom. The molecule has 1 aromatic carbocycles. The Bertz CT molecular complexity index is 576. The average molecular weight is 309 g/mol. The van der Waals surface area contributed by atoms with Gasteiger partial charge in [0.15, 0.2) is 0 Å². The first-order chi connectivity index (χ1) is 8.00. The number of carbonyl (C=O) groups is 1. The average Bonchev–Trinajstić information content (AvgIpc) is 2.13. The van der Waals surface area contributed by atoms with Gasteiger partial charge in [0, 0.05) is 10.7 Å². The van der Waals surface area contributed by atoms with Crippen LogP contribution in [-0.4, -0.2) is 27.8 Å². The normalized spacial score (nSPS) is 12.2. The zero-order valence-corrected chi connectivity index (χ0v) is 12.7. The van der Waals surface area contributed by atoms with E-state index in [4.69, 9.17) is 20.2 Å². The maximum atomic E-state index is 11.1. The zero-order valence-electron chi connectivity index (χ0n) is 10.1. The van der Waals surface area contributed by atoms with Gasteiger partial charge < -0.3 is 9.53 Å². The van der Waals surface area contributed by atoms with Crippen LogP contribution in [-0.2, 0) is 9.05 Å². The van der Waals surface area contributed by atoms with Gasteiger partial charge in [-0.05, 0) is 37.8 Å². The van der Waals surface area contributed by atoms with E-state index in [-0.39, 0.29) is 16.2 Å². The summed E-state index contributed by atoms with van der Waals surface area (Å²) >= 11 is 0. The lowest BCUT2D eigenvalue weighted by atomic mass is 10.2. The molecule has 0 radical (unpaired) electrons. The van der Waals surface area contributed by atoms with Gasteiger partial charge in [0.25, 0.3) is 9.05 Å². The highest BCUT2D eigenvalue weighted by Gasteiger charge is 2.22. The molecule has 0 aliphatic carbocycles. The third-order valence-electron chi connectivity index (χ3n) is 1.88. The van der Waals surface area contributed by atoms with Gasteiger partial charge in [0.2, 0.25) is 8.32 Å². The Kier molecular flexibility index (Phi) is 4.09. The van der Waals surface area contributed by atoms with Crippen molar-refractivity contribution in [2.75, 3.05) is 0 Å². The van der Waals surface area contributed by atoms with Gasteiger partial charge >= 0.3 is 5.97 Å². The highest BCUT2D eigenvalue weighted by molar-refractivity contribution is 8.13. The van der Waals surface area contributed by atoms with Crippen molar-refractivity contribution in [2.24, 2.45) is 0 Å². The lowest BCUT2D eigenvalue weighted by molar-refractivity contribution is 0.0694. The minimum absolute atomic E-state index is 0.158. The van der Waals surface area contributed by atoms with Crippen LogP contribution in [0.5, 0.6) is 5.75 Å². The summed E-state index contributed by atoms with van der Waals surface area (Å²) < 4.78 is 27.9. The molecular weight excluding hydrogens is 296 g/mol. The summed E-state index contributed by atoms with van der Waals surface area (Å²) in [5.41, 5.74) is -0.209. The van der Waals surface area contributed by atoms with Crippen LogP contribution < -0.4 is 4.43 Å². The van der Waals surface area contributed by atoms with Gasteiger partial charge in [-0.15, -0.1) is 0 Å². The Hall–Kier alpha value is -1.05. The van der Waals surface area contributed by atoms with E-state index in [1.165, 1.54) is 12.1 Å². The largest absolute Gasteiger partial charge is 0.544 e. The van der Waals surface area contributed by atoms with E-state index >= 15 is 0 Å². The SMILES string of the molecule is C[Si](C)(C)Oc1ccc(S(=O)(=O)Cl)cc1C(=O)O. The Morgan fingerprint density at radius 3 is 2.28 bits per heavy atom. The Morgan fingerprint density at radius 1 is 1.33 bits per heavy atom. The number of hydrogen-bond donors (Lipinski definition) is 1. The van der Waals surface area contributed by atoms with Gasteiger partial charge in [-0.3, -0.25) is 0 Å². The minimum Gasteiger partial charge on any atom is -0.544 e. The van der Waals surface area contributed by atoms with Gasteiger partial charge in [-0.25, -0.2) is 13.2 Å². The molecule has 1 aromatic rings. The second-order valence-electron chi connectivity index (χ2n) is 4.62. The van der Waals surface area contributed by atoms with Crippen molar-refractivity contribution in [1.29, 1.82) is 0 Å². The standard InChI is InChI=1S/C10H13ClO5SSi/c1-18(2,3)16-9-5-4-7(17(11,14)15)6-8(9)10(12)13/h4-6H,1-3H3,(H,12,13). The van der Waals surface area contributed by atoms with E-state index in [0.717, 1.165) is 6.07 Å². The number of aromatic carboxylic acids is 1. The topological polar surface area (TPSA) is 80.7 Å². The van der Waals surface area contributed by atoms with Crippen molar-refractivity contribution < 1.29 is 22.7 Å². The third-order valence-corrected chi connectivity index (χ3v) is 4.06. The fraction of sp³-hybridized carbons (Fsp3) is 0.300. The summed E-state index contributed by atoms with van der Waals surface area (Å²) in [4.78, 5) is 10.8. The maximum absolute atomic E-state index is 11.1. The van der Waals surface area contributed by atoms with E-state index in [9.17, 15) is 13.2 Å². The predicted molar refractivity (Wildman–Crippen MR) is 70.4 cm³/mol. The zero-order chi connectivity index (χ0) is 14.1. The molecule has 0 amide bonds. The molecular formula is C10H13ClO5SSi. The third kappa shape index (κ3) is 4.00. The second-order valence-corrected chi connectivity index (χ2v) is 11.6. The minimum atomic E-state index is -3.95. The van der Waals surface area contributed by atoms with Crippen molar-refractivity contribution in [3.63, 3.8) is 0 Å². The molecule has 0 aliphatic rings. The molecule has 0 spiro atoms. The number of hydrogen-bond acceptors (Lipinski definition) is 4. The maximum Gasteiger partial charge on any atom is 0.339 e. The summed E-state index contributed by atoms with van der Waals surface area (Å²) in [6.45, 7) is 5.68. The fourth-order valence-corrected chi connectivity index (χ4v) is 2.86. The van der Waals surface area contributed by atoms with E-state index in [2.05, 4.69) is 0 Å². The highest BCUT2D eigenvalue weighted by atomic mass is 35.7. The van der Waals surface area contributed by atoms with Crippen LogP contribution in [0.25, 0.3) is 0 Å². The molecule has 0 unspecified atom stereocenters. The first-order valence-corrected chi connectivity index (χ1v) is 10.7. The molecule has 0 atom stereocenters. The number of benzene rings is 1. The molecule has 8 heteroatoms. The number of carboxylic acids is 1. The summed E-state index contributed by atoms with van der Waals surface area (Å²) in [7, 11) is -0.771. The van der Waals surface area contributed by atoms with E-state index in [1.54, 1.807) is 0 Å². The van der Waals surface area contributed by atoms with Crippen LogP contribution >= 0.6 is 10.7 Å². The van der Waals surface area contributed by atoms with Crippen molar-refractivity contribution in [3.05, 3.63) is 23.8 Å². The van der Waals surface area contributed by atoms with Crippen LogP contribution in [0.1, 0.15) is 10.4 Å². The van der Waals surface area contributed by atoms with E-state index in [1.807, 2.05) is 19.6 Å². The van der Waals surface area contributed by atoms with E-state index < -0.39 is 23.3 Å². The van der Waals surface area contributed by atoms with Gasteiger partial charge in [-0.2, -0.15) is 0 Å². The van der Waals surface area contributed by atoms with Crippen molar-refractivity contribution in [2.45, 2.75) is 24.5 Å². The summed E-state index contributed by atoms with van der Waals surface area (Å²) in [6, 6.07) is 3.54. The molecule has 0 saturated carbocycles. The van der Waals surface area contributed by atoms with Crippen molar-refractivity contribution >= 4 is 34.0 Å². The lowest BCUT2D eigenvalue weighted by Gasteiger charge is -2.20. The summed E-state index contributed by atoms with van der Waals surface area (Å²) in [5.74, 6) is -1.10. The fourth-order valence-electron chi connectivity index (χ4n) is 1.25. The lowest BCUT2D eigenvalue weighted by Crippen LogP contribution is -2.30. The van der Waals surface area contributed by atoms with Gasteiger partial charge in [-0.1, -0.05) is 0 Å². The first-order valence-electron chi connectivity index (χ1n) is 5.02. The molecule has 1 N–H and O–H groups in total. The molecule has 0 aromatic heterocycles. The monoisotopic (exact) mass is 308 g/mol. The van der Waals surface area contributed by atoms with Crippen LogP contribution in [0.2, 0.25) is 19.6 Å². The molecule has 1 rings (SSSR count). The second kappa shape index (κ2) is 4.91. The molecule has 0 bridgehead atoms. The highest BCUT2D eigenvalue weighted by Crippen LogP contribution is 2.26. The van der Waals surface area contributed by atoms with Crippen molar-refractivity contribution in [1.82, 2.24) is 0 Å². The molecule has 0 heterocycles. The molecule has 0 fully saturated rings. The molecule has 18 heavy (non-hydrogen) atoms. The predicted octanol–water partition coefficient (Wildman–Crippen LogP) is 2.53. The smallest absolute Gasteiger partial charge is 0.339 e. The van der Waals surface area contributed by atoms with Crippen LogP contribution in [0.4, 0.5) is 0 Å². The molecule has 0 aliphatic heterocycles. The number of carboxylic acid groups (broad SMARTS) is 1. The first kappa shape index (κ1) is 15.0. The Labute approximate surface area is 111 Å². The Balaban J connectivity index is 3.35. The molecule has 0 saturated heterocycles. The van der Waals surface area contributed by atoms with Crippen LogP contribution in [0.15, 0.2) is 23.1 Å². The molecule has 5 nitrogen and oxygen atoms in total.